The molecule has 0 heterocycles. The zero-order valence-electron chi connectivity index (χ0n) is 26.1. The molecule has 1 aromatic rings. The minimum atomic E-state index is -0.558. The van der Waals surface area contributed by atoms with Gasteiger partial charge in [0, 0.05) is 18.9 Å². The summed E-state index contributed by atoms with van der Waals surface area (Å²) in [6.45, 7) is 4.46. The van der Waals surface area contributed by atoms with Gasteiger partial charge in [-0.1, -0.05) is 142 Å². The lowest BCUT2D eigenvalue weighted by Gasteiger charge is -2.11. The summed E-state index contributed by atoms with van der Waals surface area (Å²) in [5.74, 6) is -0.906. The molecule has 0 radical (unpaired) electrons. The Bertz CT molecular complexity index is 841. The van der Waals surface area contributed by atoms with Crippen LogP contribution >= 0.6 is 0 Å². The number of non-ortho nitro benzene ring substituents is 1. The average molecular weight is 576 g/mol. The molecule has 0 aliphatic heterocycles. The number of carbonyl (C=O) groups excluding carboxylic acids is 2. The normalized spacial score (nSPS) is 11.0. The van der Waals surface area contributed by atoms with Crippen LogP contribution in [-0.4, -0.2) is 16.9 Å². The first kappa shape index (κ1) is 36.6. The number of unbranched alkanes of at least 4 members (excludes halogenated alkanes) is 20. The van der Waals surface area contributed by atoms with E-state index in [1.807, 2.05) is 0 Å². The van der Waals surface area contributed by atoms with E-state index >= 15 is 0 Å². The molecule has 0 saturated heterocycles. The second-order valence-electron chi connectivity index (χ2n) is 11.4. The van der Waals surface area contributed by atoms with E-state index in [4.69, 9.17) is 9.47 Å². The zero-order valence-corrected chi connectivity index (χ0v) is 26.1. The Labute approximate surface area is 249 Å². The molecular formula is C34H57NO6. The largest absolute Gasteiger partial charge is 0.423 e. The number of hydrogen-bond donors (Lipinski definition) is 0. The molecular weight excluding hydrogens is 518 g/mol. The van der Waals surface area contributed by atoms with Gasteiger partial charge in [-0.3, -0.25) is 19.7 Å². The van der Waals surface area contributed by atoms with Crippen molar-refractivity contribution in [3.63, 3.8) is 0 Å². The maximum atomic E-state index is 12.4. The van der Waals surface area contributed by atoms with Crippen LogP contribution < -0.4 is 9.47 Å². The van der Waals surface area contributed by atoms with E-state index in [2.05, 4.69) is 13.8 Å². The van der Waals surface area contributed by atoms with Gasteiger partial charge in [0.1, 0.15) is 0 Å². The fraction of sp³-hybridized carbons (Fsp3) is 0.765. The molecule has 0 unspecified atom stereocenters. The maximum Gasteiger partial charge on any atom is 0.311 e. The molecule has 1 rings (SSSR count). The molecule has 1 aromatic carbocycles. The van der Waals surface area contributed by atoms with Crippen molar-refractivity contribution in [2.75, 3.05) is 0 Å². The van der Waals surface area contributed by atoms with Gasteiger partial charge >= 0.3 is 11.9 Å². The highest BCUT2D eigenvalue weighted by Gasteiger charge is 2.18. The van der Waals surface area contributed by atoms with E-state index in [0.717, 1.165) is 38.2 Å². The first-order chi connectivity index (χ1) is 20.0. The number of nitro benzene ring substituents is 1. The Morgan fingerprint density at radius 1 is 0.561 bits per heavy atom. The van der Waals surface area contributed by atoms with Crippen molar-refractivity contribution in [1.29, 1.82) is 0 Å². The predicted octanol–water partition coefficient (Wildman–Crippen LogP) is 10.8. The number of nitro groups is 1. The van der Waals surface area contributed by atoms with Crippen LogP contribution in [0.5, 0.6) is 11.5 Å². The van der Waals surface area contributed by atoms with Crippen LogP contribution in [0.15, 0.2) is 18.2 Å². The monoisotopic (exact) mass is 575 g/mol. The van der Waals surface area contributed by atoms with E-state index in [0.29, 0.717) is 6.42 Å². The summed E-state index contributed by atoms with van der Waals surface area (Å²) in [6.07, 6.45) is 26.6. The number of hydrogen-bond acceptors (Lipinski definition) is 6. The van der Waals surface area contributed by atoms with Crippen LogP contribution in [0.2, 0.25) is 0 Å². The molecule has 234 valence electrons. The quantitative estimate of drug-likeness (QED) is 0.0340. The van der Waals surface area contributed by atoms with Gasteiger partial charge < -0.3 is 9.47 Å². The molecule has 41 heavy (non-hydrogen) atoms. The molecule has 0 N–H and O–H groups in total. The first-order valence-electron chi connectivity index (χ1n) is 16.7. The van der Waals surface area contributed by atoms with Gasteiger partial charge in [-0.25, -0.2) is 0 Å². The molecule has 0 aromatic heterocycles. The van der Waals surface area contributed by atoms with E-state index in [1.54, 1.807) is 0 Å². The van der Waals surface area contributed by atoms with E-state index in [1.165, 1.54) is 115 Å². The molecule has 0 aliphatic carbocycles. The SMILES string of the molecule is CCCCCCCCCCCCCC(=O)Oc1ccc([N+](=O)[O-])cc1OC(=O)CCCCCCCCCCCCC. The van der Waals surface area contributed by atoms with Crippen molar-refractivity contribution in [1.82, 2.24) is 0 Å². The van der Waals surface area contributed by atoms with Gasteiger partial charge in [0.05, 0.1) is 11.0 Å². The van der Waals surface area contributed by atoms with Gasteiger partial charge in [-0.2, -0.15) is 0 Å². The lowest BCUT2D eigenvalue weighted by molar-refractivity contribution is -0.384. The zero-order chi connectivity index (χ0) is 30.0. The summed E-state index contributed by atoms with van der Waals surface area (Å²) in [6, 6.07) is 3.75. The van der Waals surface area contributed by atoms with Crippen molar-refractivity contribution in [2.45, 2.75) is 168 Å². The molecule has 7 nitrogen and oxygen atoms in total. The van der Waals surface area contributed by atoms with Crippen molar-refractivity contribution in [2.24, 2.45) is 0 Å². The van der Waals surface area contributed by atoms with Gasteiger partial charge in [-0.15, -0.1) is 0 Å². The van der Waals surface area contributed by atoms with Crippen LogP contribution in [0, 0.1) is 10.1 Å². The van der Waals surface area contributed by atoms with Crippen molar-refractivity contribution in [3.8, 4) is 11.5 Å². The second kappa shape index (κ2) is 25.3. The standard InChI is InChI=1S/C34H57NO6/c1-3-5-7-9-11-13-15-17-19-21-23-25-33(36)40-31-28-27-30(35(38)39)29-32(31)41-34(37)26-24-22-20-18-16-14-12-10-8-6-4-2/h27-29H,3-26H2,1-2H3. The number of esters is 2. The Kier molecular flexibility index (Phi) is 22.6. The molecule has 0 atom stereocenters. The molecule has 0 fully saturated rings. The lowest BCUT2D eigenvalue weighted by Crippen LogP contribution is -2.12. The molecule has 0 amide bonds. The summed E-state index contributed by atoms with van der Waals surface area (Å²) in [7, 11) is 0. The highest BCUT2D eigenvalue weighted by atomic mass is 16.6. The maximum absolute atomic E-state index is 12.4. The Balaban J connectivity index is 2.31. The highest BCUT2D eigenvalue weighted by Crippen LogP contribution is 2.32. The number of benzene rings is 1. The number of carbonyl (C=O) groups is 2. The third-order valence-electron chi connectivity index (χ3n) is 7.55. The van der Waals surface area contributed by atoms with Gasteiger partial charge in [-0.05, 0) is 18.9 Å². The lowest BCUT2D eigenvalue weighted by atomic mass is 10.1. The summed E-state index contributed by atoms with van der Waals surface area (Å²) in [5.41, 5.74) is -0.215. The first-order valence-corrected chi connectivity index (χ1v) is 16.7. The molecule has 7 heteroatoms. The predicted molar refractivity (Wildman–Crippen MR) is 167 cm³/mol. The summed E-state index contributed by atoms with van der Waals surface area (Å²) >= 11 is 0. The average Bonchev–Trinajstić information content (AvgIpc) is 2.95. The van der Waals surface area contributed by atoms with E-state index in [9.17, 15) is 19.7 Å². The Hall–Kier alpha value is -2.44. The third kappa shape index (κ3) is 20.1. The number of ether oxygens (including phenoxy) is 2. The Morgan fingerprint density at radius 2 is 0.902 bits per heavy atom. The number of nitrogens with zero attached hydrogens (tertiary/aromatic N) is 1. The molecule has 0 aliphatic rings. The molecule has 0 spiro atoms. The topological polar surface area (TPSA) is 95.7 Å². The fourth-order valence-electron chi connectivity index (χ4n) is 4.99. The van der Waals surface area contributed by atoms with E-state index < -0.39 is 16.9 Å². The third-order valence-corrected chi connectivity index (χ3v) is 7.55. The smallest absolute Gasteiger partial charge is 0.311 e. The van der Waals surface area contributed by atoms with Crippen molar-refractivity contribution in [3.05, 3.63) is 28.3 Å². The minimum absolute atomic E-state index is 0.0518. The van der Waals surface area contributed by atoms with Crippen LogP contribution in [0.1, 0.15) is 168 Å². The minimum Gasteiger partial charge on any atom is -0.423 e. The van der Waals surface area contributed by atoms with E-state index in [-0.39, 0.29) is 30.0 Å². The summed E-state index contributed by atoms with van der Waals surface area (Å²) < 4.78 is 10.9. The van der Waals surface area contributed by atoms with Crippen LogP contribution in [0.4, 0.5) is 5.69 Å². The van der Waals surface area contributed by atoms with Gasteiger partial charge in [0.15, 0.2) is 11.5 Å². The van der Waals surface area contributed by atoms with Crippen LogP contribution in [-0.2, 0) is 9.59 Å². The summed E-state index contributed by atoms with van der Waals surface area (Å²) in [5, 5.41) is 11.2. The van der Waals surface area contributed by atoms with Gasteiger partial charge in [0.2, 0.25) is 0 Å². The van der Waals surface area contributed by atoms with Crippen molar-refractivity contribution >= 4 is 17.6 Å². The van der Waals surface area contributed by atoms with Crippen LogP contribution in [0.25, 0.3) is 0 Å². The molecule has 0 bridgehead atoms. The summed E-state index contributed by atoms with van der Waals surface area (Å²) in [4.78, 5) is 35.5. The second-order valence-corrected chi connectivity index (χ2v) is 11.4. The van der Waals surface area contributed by atoms with Gasteiger partial charge in [0.25, 0.3) is 5.69 Å². The van der Waals surface area contributed by atoms with Crippen LogP contribution in [0.3, 0.4) is 0 Å². The van der Waals surface area contributed by atoms with Crippen molar-refractivity contribution < 1.29 is 24.0 Å². The fourth-order valence-corrected chi connectivity index (χ4v) is 4.99. The molecule has 0 saturated carbocycles. The Morgan fingerprint density at radius 3 is 1.27 bits per heavy atom. The number of rotatable bonds is 27. The highest BCUT2D eigenvalue weighted by molar-refractivity contribution is 5.76.